The summed E-state index contributed by atoms with van der Waals surface area (Å²) in [6, 6.07) is 7.81. The van der Waals surface area contributed by atoms with Gasteiger partial charge in [0.1, 0.15) is 17.2 Å². The van der Waals surface area contributed by atoms with Gasteiger partial charge in [0.05, 0.1) is 15.5 Å². The Kier molecular flexibility index (Phi) is 5.04. The zero-order chi connectivity index (χ0) is 21.6. The molecular weight excluding hydrogens is 424 g/mol. The Balaban J connectivity index is 2.31. The fourth-order valence-electron chi connectivity index (χ4n) is 2.73. The molecule has 0 atom stereocenters. The molecule has 0 heterocycles. The van der Waals surface area contributed by atoms with Crippen LogP contribution in [-0.2, 0) is 20.2 Å². The van der Waals surface area contributed by atoms with E-state index in [0.717, 1.165) is 24.3 Å². The molecule has 12 heteroatoms. The van der Waals surface area contributed by atoms with Crippen LogP contribution in [-0.4, -0.2) is 36.2 Å². The minimum Gasteiger partial charge on any atom is -0.508 e. The summed E-state index contributed by atoms with van der Waals surface area (Å²) in [5, 5.41) is 27.2. The number of hydrogen-bond donors (Lipinski definition) is 4. The molecule has 0 saturated carbocycles. The van der Waals surface area contributed by atoms with Crippen LogP contribution in [0.3, 0.4) is 0 Å². The van der Waals surface area contributed by atoms with Gasteiger partial charge in [-0.25, -0.2) is 0 Å². The normalized spacial score (nSPS) is 12.7. The summed E-state index contributed by atoms with van der Waals surface area (Å²) in [6.45, 7) is 1.52. The molecule has 3 rings (SSSR count). The number of fused-ring (bicyclic) bond motifs is 1. The zero-order valence-electron chi connectivity index (χ0n) is 14.7. The van der Waals surface area contributed by atoms with Gasteiger partial charge in [-0.15, -0.1) is 10.2 Å². The van der Waals surface area contributed by atoms with Crippen molar-refractivity contribution in [2.24, 2.45) is 10.2 Å². The van der Waals surface area contributed by atoms with Crippen LogP contribution in [0.2, 0.25) is 0 Å². The lowest BCUT2D eigenvalue weighted by Crippen LogP contribution is -2.01. The Labute approximate surface area is 165 Å². The van der Waals surface area contributed by atoms with E-state index in [1.54, 1.807) is 0 Å². The van der Waals surface area contributed by atoms with Gasteiger partial charge >= 0.3 is 0 Å². The first kappa shape index (κ1) is 20.7. The summed E-state index contributed by atoms with van der Waals surface area (Å²) >= 11 is 0. The highest BCUT2D eigenvalue weighted by Gasteiger charge is 2.18. The predicted octanol–water partition coefficient (Wildman–Crippen LogP) is 3.47. The smallest absolute Gasteiger partial charge is 0.294 e. The third kappa shape index (κ3) is 4.35. The zero-order valence-corrected chi connectivity index (χ0v) is 16.3. The Morgan fingerprint density at radius 2 is 1.31 bits per heavy atom. The van der Waals surface area contributed by atoms with Crippen molar-refractivity contribution in [1.29, 1.82) is 0 Å². The summed E-state index contributed by atoms with van der Waals surface area (Å²) in [5.74, 6) is -0.580. The van der Waals surface area contributed by atoms with Crippen LogP contribution in [0.4, 0.5) is 11.4 Å². The van der Waals surface area contributed by atoms with E-state index in [4.69, 9.17) is 0 Å². The number of phenolic OH excluding ortho intramolecular Hbond substituents is 2. The van der Waals surface area contributed by atoms with Crippen molar-refractivity contribution in [3.8, 4) is 11.5 Å². The van der Waals surface area contributed by atoms with Crippen LogP contribution in [0.25, 0.3) is 10.8 Å². The molecule has 0 aliphatic carbocycles. The highest BCUT2D eigenvalue weighted by atomic mass is 32.2. The highest BCUT2D eigenvalue weighted by molar-refractivity contribution is 7.86. The monoisotopic (exact) mass is 438 g/mol. The molecule has 0 aliphatic rings. The second-order valence-electron chi connectivity index (χ2n) is 6.10. The lowest BCUT2D eigenvalue weighted by molar-refractivity contribution is 0.451. The molecule has 29 heavy (non-hydrogen) atoms. The molecular formula is C17H14N2O8S2. The van der Waals surface area contributed by atoms with Crippen LogP contribution >= 0.6 is 0 Å². The minimum atomic E-state index is -4.67. The maximum atomic E-state index is 11.6. The number of azo groups is 1. The molecule has 3 aromatic carbocycles. The maximum absolute atomic E-state index is 11.6. The number of nitrogens with zero attached hydrogens (tertiary/aromatic N) is 2. The van der Waals surface area contributed by atoms with Crippen molar-refractivity contribution in [1.82, 2.24) is 0 Å². The lowest BCUT2D eigenvalue weighted by atomic mass is 10.0. The van der Waals surface area contributed by atoms with E-state index < -0.39 is 30.0 Å². The summed E-state index contributed by atoms with van der Waals surface area (Å²) < 4.78 is 64.8. The predicted molar refractivity (Wildman–Crippen MR) is 102 cm³/mol. The molecule has 0 fully saturated rings. The molecule has 0 spiro atoms. The number of hydrogen-bond acceptors (Lipinski definition) is 8. The van der Waals surface area contributed by atoms with E-state index in [0.29, 0.717) is 10.9 Å². The van der Waals surface area contributed by atoms with Crippen molar-refractivity contribution >= 4 is 42.4 Å². The first-order chi connectivity index (χ1) is 13.4. The molecule has 0 amide bonds. The third-order valence-electron chi connectivity index (χ3n) is 3.99. The summed E-state index contributed by atoms with van der Waals surface area (Å²) in [4.78, 5) is -1.03. The molecule has 0 aromatic heterocycles. The first-order valence-corrected chi connectivity index (χ1v) is 10.7. The Morgan fingerprint density at radius 3 is 1.86 bits per heavy atom. The standard InChI is InChI=1S/C17H14N2O8S2/c1-9-4-12(28(22,23)24)5-10-6-13(29(25,26)27)8-15(17(9)10)19-18-14-3-2-11(20)7-16(14)21/h2-8,20-21H,1H3,(H,22,23,24)(H,25,26,27). The van der Waals surface area contributed by atoms with Gasteiger partial charge in [-0.05, 0) is 54.3 Å². The molecule has 10 nitrogen and oxygen atoms in total. The number of phenols is 2. The fraction of sp³-hybridized carbons (Fsp3) is 0.0588. The third-order valence-corrected chi connectivity index (χ3v) is 5.66. The molecule has 0 aliphatic heterocycles. The number of aryl methyl sites for hydroxylation is 1. The summed E-state index contributed by atoms with van der Waals surface area (Å²) in [5.41, 5.74) is 0.267. The topological polar surface area (TPSA) is 174 Å². The van der Waals surface area contributed by atoms with E-state index >= 15 is 0 Å². The summed E-state index contributed by atoms with van der Waals surface area (Å²) in [6.07, 6.45) is 0. The Morgan fingerprint density at radius 1 is 0.759 bits per heavy atom. The Hall–Kier alpha value is -3.06. The first-order valence-electron chi connectivity index (χ1n) is 7.83. The van der Waals surface area contributed by atoms with E-state index in [2.05, 4.69) is 10.2 Å². The van der Waals surface area contributed by atoms with Crippen LogP contribution < -0.4 is 0 Å². The van der Waals surface area contributed by atoms with Crippen molar-refractivity contribution < 1.29 is 36.2 Å². The second kappa shape index (κ2) is 7.08. The second-order valence-corrected chi connectivity index (χ2v) is 8.95. The molecule has 0 unspecified atom stereocenters. The van der Waals surface area contributed by atoms with Gasteiger partial charge in [0.2, 0.25) is 0 Å². The molecule has 152 valence electrons. The highest BCUT2D eigenvalue weighted by Crippen LogP contribution is 2.37. The number of benzene rings is 3. The lowest BCUT2D eigenvalue weighted by Gasteiger charge is -2.10. The Bertz CT molecular complexity index is 1380. The van der Waals surface area contributed by atoms with Crippen LogP contribution in [0.15, 0.2) is 62.5 Å². The average molecular weight is 438 g/mol. The number of rotatable bonds is 4. The van der Waals surface area contributed by atoms with Gasteiger partial charge in [-0.1, -0.05) is 0 Å². The molecule has 4 N–H and O–H groups in total. The molecule has 3 aromatic rings. The van der Waals surface area contributed by atoms with Crippen LogP contribution in [0.5, 0.6) is 11.5 Å². The van der Waals surface area contributed by atoms with E-state index in [9.17, 15) is 36.2 Å². The van der Waals surface area contributed by atoms with Gasteiger partial charge in [0.15, 0.2) is 0 Å². The van der Waals surface area contributed by atoms with E-state index in [1.807, 2.05) is 0 Å². The van der Waals surface area contributed by atoms with Gasteiger partial charge in [0.25, 0.3) is 20.2 Å². The van der Waals surface area contributed by atoms with Crippen molar-refractivity contribution in [2.75, 3.05) is 0 Å². The maximum Gasteiger partial charge on any atom is 0.294 e. The quantitative estimate of drug-likeness (QED) is 0.354. The van der Waals surface area contributed by atoms with Gasteiger partial charge in [-0.3, -0.25) is 9.11 Å². The molecule has 0 bridgehead atoms. The largest absolute Gasteiger partial charge is 0.508 e. The van der Waals surface area contributed by atoms with Gasteiger partial charge < -0.3 is 10.2 Å². The minimum absolute atomic E-state index is 0.0274. The van der Waals surface area contributed by atoms with Gasteiger partial charge in [0, 0.05) is 11.5 Å². The molecule has 0 saturated heterocycles. The van der Waals surface area contributed by atoms with Crippen molar-refractivity contribution in [2.45, 2.75) is 16.7 Å². The van der Waals surface area contributed by atoms with E-state index in [1.165, 1.54) is 25.1 Å². The molecule has 0 radical (unpaired) electrons. The van der Waals surface area contributed by atoms with E-state index in [-0.39, 0.29) is 28.3 Å². The van der Waals surface area contributed by atoms with Crippen molar-refractivity contribution in [3.05, 3.63) is 48.0 Å². The fourth-order valence-corrected chi connectivity index (χ4v) is 3.86. The van der Waals surface area contributed by atoms with Crippen molar-refractivity contribution in [3.63, 3.8) is 0 Å². The van der Waals surface area contributed by atoms with Crippen LogP contribution in [0.1, 0.15) is 5.56 Å². The average Bonchev–Trinajstić information content (AvgIpc) is 2.58. The van der Waals surface area contributed by atoms with Gasteiger partial charge in [-0.2, -0.15) is 16.8 Å². The SMILES string of the molecule is Cc1cc(S(=O)(=O)O)cc2cc(S(=O)(=O)O)cc(N=Nc3ccc(O)cc3O)c12. The number of aromatic hydroxyl groups is 2. The summed E-state index contributed by atoms with van der Waals surface area (Å²) in [7, 11) is -9.24. The van der Waals surface area contributed by atoms with Crippen LogP contribution in [0, 0.1) is 6.92 Å².